The Morgan fingerprint density at radius 3 is 2.91 bits per heavy atom. The zero-order chi connectivity index (χ0) is 15.6. The second-order valence-electron chi connectivity index (χ2n) is 6.19. The third kappa shape index (κ3) is 3.10. The highest BCUT2D eigenvalue weighted by Gasteiger charge is 2.49. The SMILES string of the molecule is COC1CCOC2(C1)CN(C(=O)COc1ccccc1C)C2. The number of amides is 1. The summed E-state index contributed by atoms with van der Waals surface area (Å²) in [7, 11) is 1.74. The van der Waals surface area contributed by atoms with Gasteiger partial charge >= 0.3 is 0 Å². The van der Waals surface area contributed by atoms with Crippen molar-refractivity contribution in [2.24, 2.45) is 0 Å². The van der Waals surface area contributed by atoms with Crippen LogP contribution in [0.25, 0.3) is 0 Å². The van der Waals surface area contributed by atoms with Crippen LogP contribution in [0.4, 0.5) is 0 Å². The van der Waals surface area contributed by atoms with E-state index in [-0.39, 0.29) is 24.2 Å². The Labute approximate surface area is 131 Å². The van der Waals surface area contributed by atoms with Gasteiger partial charge in [-0.25, -0.2) is 0 Å². The van der Waals surface area contributed by atoms with Crippen LogP contribution in [-0.4, -0.2) is 55.9 Å². The van der Waals surface area contributed by atoms with Gasteiger partial charge in [0.15, 0.2) is 6.61 Å². The Hall–Kier alpha value is -1.59. The molecule has 1 unspecified atom stereocenters. The Morgan fingerprint density at radius 1 is 1.41 bits per heavy atom. The van der Waals surface area contributed by atoms with Crippen molar-refractivity contribution < 1.29 is 19.0 Å². The molecule has 1 aromatic carbocycles. The number of hydrogen-bond acceptors (Lipinski definition) is 4. The first-order valence-corrected chi connectivity index (χ1v) is 7.75. The molecule has 0 N–H and O–H groups in total. The second-order valence-corrected chi connectivity index (χ2v) is 6.19. The van der Waals surface area contributed by atoms with Gasteiger partial charge < -0.3 is 19.1 Å². The van der Waals surface area contributed by atoms with E-state index in [1.54, 1.807) is 12.0 Å². The van der Waals surface area contributed by atoms with Crippen LogP contribution in [0.2, 0.25) is 0 Å². The normalized spacial score (nSPS) is 23.2. The summed E-state index contributed by atoms with van der Waals surface area (Å²) < 4.78 is 16.9. The van der Waals surface area contributed by atoms with Gasteiger partial charge in [-0.2, -0.15) is 0 Å². The van der Waals surface area contributed by atoms with E-state index in [4.69, 9.17) is 14.2 Å². The van der Waals surface area contributed by atoms with Gasteiger partial charge in [0.25, 0.3) is 5.91 Å². The maximum Gasteiger partial charge on any atom is 0.260 e. The third-order valence-corrected chi connectivity index (χ3v) is 4.54. The van der Waals surface area contributed by atoms with Crippen LogP contribution in [0.1, 0.15) is 18.4 Å². The van der Waals surface area contributed by atoms with Crippen LogP contribution in [0.5, 0.6) is 5.75 Å². The number of likely N-dealkylation sites (tertiary alicyclic amines) is 1. The first kappa shape index (κ1) is 15.3. The largest absolute Gasteiger partial charge is 0.484 e. The molecule has 2 aliphatic rings. The highest BCUT2D eigenvalue weighted by molar-refractivity contribution is 5.79. The third-order valence-electron chi connectivity index (χ3n) is 4.54. The molecule has 1 atom stereocenters. The van der Waals surface area contributed by atoms with Crippen molar-refractivity contribution in [2.75, 3.05) is 33.4 Å². The predicted molar refractivity (Wildman–Crippen MR) is 82.0 cm³/mol. The standard InChI is InChI=1S/C17H23NO4/c1-13-5-3-4-6-15(13)21-10-16(19)18-11-17(12-18)9-14(20-2)7-8-22-17/h3-6,14H,7-12H2,1-2H3. The van der Waals surface area contributed by atoms with Gasteiger partial charge in [-0.3, -0.25) is 4.79 Å². The lowest BCUT2D eigenvalue weighted by atomic mass is 9.84. The summed E-state index contributed by atoms with van der Waals surface area (Å²) in [6.45, 7) is 4.04. The Kier molecular flexibility index (Phi) is 4.36. The number of hydrogen-bond donors (Lipinski definition) is 0. The Bertz CT molecular complexity index is 539. The minimum atomic E-state index is -0.197. The van der Waals surface area contributed by atoms with E-state index < -0.39 is 0 Å². The molecule has 2 fully saturated rings. The number of rotatable bonds is 4. The van der Waals surface area contributed by atoms with Crippen LogP contribution in [0.3, 0.4) is 0 Å². The number of nitrogens with zero attached hydrogens (tertiary/aromatic N) is 1. The maximum atomic E-state index is 12.2. The topological polar surface area (TPSA) is 48.0 Å². The molecular weight excluding hydrogens is 282 g/mol. The fourth-order valence-corrected chi connectivity index (χ4v) is 3.18. The molecule has 1 amide bonds. The molecule has 2 heterocycles. The number of carbonyl (C=O) groups is 1. The van der Waals surface area contributed by atoms with Crippen LogP contribution in [-0.2, 0) is 14.3 Å². The minimum absolute atomic E-state index is 0.0111. The molecule has 0 radical (unpaired) electrons. The monoisotopic (exact) mass is 305 g/mol. The number of aryl methyl sites for hydroxylation is 1. The van der Waals surface area contributed by atoms with Gasteiger partial charge in [0.2, 0.25) is 0 Å². The quantitative estimate of drug-likeness (QED) is 0.851. The highest BCUT2D eigenvalue weighted by Crippen LogP contribution is 2.35. The molecule has 0 aliphatic carbocycles. The average Bonchev–Trinajstić information content (AvgIpc) is 2.51. The lowest BCUT2D eigenvalue weighted by molar-refractivity contribution is -0.199. The van der Waals surface area contributed by atoms with Crippen molar-refractivity contribution >= 4 is 5.91 Å². The second kappa shape index (κ2) is 6.26. The van der Waals surface area contributed by atoms with Gasteiger partial charge in [0, 0.05) is 20.1 Å². The lowest BCUT2D eigenvalue weighted by Crippen LogP contribution is -2.67. The number of para-hydroxylation sites is 1. The molecule has 5 nitrogen and oxygen atoms in total. The lowest BCUT2D eigenvalue weighted by Gasteiger charge is -2.52. The van der Waals surface area contributed by atoms with E-state index in [2.05, 4.69) is 0 Å². The number of carbonyl (C=O) groups excluding carboxylic acids is 1. The van der Waals surface area contributed by atoms with Crippen molar-refractivity contribution in [3.05, 3.63) is 29.8 Å². The molecule has 0 bridgehead atoms. The van der Waals surface area contributed by atoms with E-state index in [0.717, 1.165) is 24.2 Å². The van der Waals surface area contributed by atoms with E-state index in [1.807, 2.05) is 31.2 Å². The van der Waals surface area contributed by atoms with Crippen LogP contribution in [0, 0.1) is 6.92 Å². The van der Waals surface area contributed by atoms with E-state index in [0.29, 0.717) is 19.7 Å². The van der Waals surface area contributed by atoms with E-state index in [1.165, 1.54) is 0 Å². The van der Waals surface area contributed by atoms with E-state index >= 15 is 0 Å². The van der Waals surface area contributed by atoms with Crippen molar-refractivity contribution in [1.82, 2.24) is 4.90 Å². The molecular formula is C17H23NO4. The predicted octanol–water partition coefficient (Wildman–Crippen LogP) is 1.78. The van der Waals surface area contributed by atoms with Gasteiger partial charge in [0.1, 0.15) is 11.4 Å². The Balaban J connectivity index is 1.48. The molecule has 2 aliphatic heterocycles. The van der Waals surface area contributed by atoms with Gasteiger partial charge in [-0.05, 0) is 25.0 Å². The summed E-state index contributed by atoms with van der Waals surface area (Å²) in [4.78, 5) is 14.0. The van der Waals surface area contributed by atoms with Crippen molar-refractivity contribution in [3.63, 3.8) is 0 Å². The molecule has 120 valence electrons. The van der Waals surface area contributed by atoms with E-state index in [9.17, 15) is 4.79 Å². The fraction of sp³-hybridized carbons (Fsp3) is 0.588. The van der Waals surface area contributed by atoms with Crippen molar-refractivity contribution in [1.29, 1.82) is 0 Å². The van der Waals surface area contributed by atoms with Gasteiger partial charge in [0.05, 0.1) is 19.2 Å². The van der Waals surface area contributed by atoms with Crippen LogP contribution < -0.4 is 4.74 Å². The summed E-state index contributed by atoms with van der Waals surface area (Å²) in [5.74, 6) is 0.775. The maximum absolute atomic E-state index is 12.2. The molecule has 1 aromatic rings. The number of benzene rings is 1. The van der Waals surface area contributed by atoms with Crippen molar-refractivity contribution in [3.8, 4) is 5.75 Å². The molecule has 22 heavy (non-hydrogen) atoms. The molecule has 0 aromatic heterocycles. The summed E-state index contributed by atoms with van der Waals surface area (Å²) in [6.07, 6.45) is 2.04. The summed E-state index contributed by atoms with van der Waals surface area (Å²) >= 11 is 0. The molecule has 3 rings (SSSR count). The van der Waals surface area contributed by atoms with Gasteiger partial charge in [-0.1, -0.05) is 18.2 Å². The summed E-state index contributed by atoms with van der Waals surface area (Å²) in [5, 5.41) is 0. The summed E-state index contributed by atoms with van der Waals surface area (Å²) in [5.41, 5.74) is 0.839. The summed E-state index contributed by atoms with van der Waals surface area (Å²) in [6, 6.07) is 7.72. The van der Waals surface area contributed by atoms with Gasteiger partial charge in [-0.15, -0.1) is 0 Å². The fourth-order valence-electron chi connectivity index (χ4n) is 3.18. The molecule has 2 saturated heterocycles. The first-order chi connectivity index (χ1) is 10.6. The van der Waals surface area contributed by atoms with Crippen LogP contribution in [0.15, 0.2) is 24.3 Å². The molecule has 0 saturated carbocycles. The van der Waals surface area contributed by atoms with Crippen LogP contribution >= 0.6 is 0 Å². The minimum Gasteiger partial charge on any atom is -0.484 e. The molecule has 5 heteroatoms. The number of methoxy groups -OCH3 is 1. The Morgan fingerprint density at radius 2 is 2.18 bits per heavy atom. The smallest absolute Gasteiger partial charge is 0.260 e. The first-order valence-electron chi connectivity index (χ1n) is 7.75. The average molecular weight is 305 g/mol. The highest BCUT2D eigenvalue weighted by atomic mass is 16.5. The zero-order valence-corrected chi connectivity index (χ0v) is 13.2. The molecule has 1 spiro atoms. The zero-order valence-electron chi connectivity index (χ0n) is 13.2. The number of ether oxygens (including phenoxy) is 3. The van der Waals surface area contributed by atoms with Crippen molar-refractivity contribution in [2.45, 2.75) is 31.5 Å².